The fourth-order valence-corrected chi connectivity index (χ4v) is 10.2. The van der Waals surface area contributed by atoms with E-state index < -0.39 is 0 Å². The normalized spacial score (nSPS) is 51.9. The molecule has 1 nitrogen and oxygen atoms in total. The summed E-state index contributed by atoms with van der Waals surface area (Å²) < 4.78 is 0. The van der Waals surface area contributed by atoms with E-state index in [0.717, 1.165) is 35.5 Å². The zero-order valence-corrected chi connectivity index (χ0v) is 16.6. The quantitative estimate of drug-likeness (QED) is 0.652. The van der Waals surface area contributed by atoms with Crippen LogP contribution in [0.5, 0.6) is 5.75 Å². The predicted molar refractivity (Wildman–Crippen MR) is 108 cm³/mol. The molecular formula is C26H34O. The molecule has 0 amide bonds. The molecule has 1 aromatic carbocycles. The van der Waals surface area contributed by atoms with Crippen LogP contribution in [0.15, 0.2) is 18.2 Å². The van der Waals surface area contributed by atoms with Gasteiger partial charge in [-0.25, -0.2) is 0 Å². The number of hydrogen-bond acceptors (Lipinski definition) is 1. The van der Waals surface area contributed by atoms with E-state index in [4.69, 9.17) is 0 Å². The van der Waals surface area contributed by atoms with Crippen molar-refractivity contribution in [1.82, 2.24) is 0 Å². The van der Waals surface area contributed by atoms with Crippen LogP contribution in [0.3, 0.4) is 0 Å². The summed E-state index contributed by atoms with van der Waals surface area (Å²) in [5, 5.41) is 10.8. The molecule has 0 aliphatic heterocycles. The summed E-state index contributed by atoms with van der Waals surface area (Å²) in [6, 6.07) is 6.98. The van der Waals surface area contributed by atoms with E-state index in [9.17, 15) is 5.11 Å². The van der Waals surface area contributed by atoms with Gasteiger partial charge in [0.15, 0.2) is 0 Å². The van der Waals surface area contributed by atoms with Crippen molar-refractivity contribution in [3.05, 3.63) is 29.3 Å². The summed E-state index contributed by atoms with van der Waals surface area (Å²) in [6.07, 6.45) is 17.4. The second-order valence-corrected chi connectivity index (χ2v) is 12.2. The molecule has 8 aliphatic carbocycles. The maximum Gasteiger partial charge on any atom is 0.116 e. The van der Waals surface area contributed by atoms with Gasteiger partial charge in [-0.3, -0.25) is 0 Å². The largest absolute Gasteiger partial charge is 0.508 e. The molecule has 0 atom stereocenters. The topological polar surface area (TPSA) is 20.2 Å². The van der Waals surface area contributed by atoms with Crippen LogP contribution in [-0.4, -0.2) is 5.11 Å². The fraction of sp³-hybridized carbons (Fsp3) is 0.769. The summed E-state index contributed by atoms with van der Waals surface area (Å²) in [4.78, 5) is 0. The summed E-state index contributed by atoms with van der Waals surface area (Å²) >= 11 is 0. The molecule has 0 spiro atoms. The zero-order chi connectivity index (χ0) is 17.8. The molecule has 8 bridgehead atoms. The third-order valence-corrected chi connectivity index (χ3v) is 10.2. The SMILES string of the molecule is Oc1cc(C23CC4CC(CC(C4)C2)C3)cc(C23CC4CC(CC(C4)C2)C3)c1. The smallest absolute Gasteiger partial charge is 0.116 e. The van der Waals surface area contributed by atoms with Gasteiger partial charge in [-0.15, -0.1) is 0 Å². The minimum absolute atomic E-state index is 0.407. The van der Waals surface area contributed by atoms with Crippen LogP contribution >= 0.6 is 0 Å². The highest BCUT2D eigenvalue weighted by Crippen LogP contribution is 2.63. The Hall–Kier alpha value is -0.980. The first-order chi connectivity index (χ1) is 13.1. The molecular weight excluding hydrogens is 328 g/mol. The monoisotopic (exact) mass is 362 g/mol. The molecule has 0 aromatic heterocycles. The first-order valence-corrected chi connectivity index (χ1v) is 11.9. The van der Waals surface area contributed by atoms with Crippen molar-refractivity contribution >= 4 is 0 Å². The number of rotatable bonds is 2. The molecule has 27 heavy (non-hydrogen) atoms. The van der Waals surface area contributed by atoms with Crippen molar-refractivity contribution in [1.29, 1.82) is 0 Å². The van der Waals surface area contributed by atoms with Crippen LogP contribution in [-0.2, 0) is 10.8 Å². The van der Waals surface area contributed by atoms with Gasteiger partial charge < -0.3 is 5.11 Å². The van der Waals surface area contributed by atoms with Crippen molar-refractivity contribution in [3.8, 4) is 5.75 Å². The first-order valence-electron chi connectivity index (χ1n) is 11.9. The number of benzene rings is 1. The van der Waals surface area contributed by atoms with E-state index >= 15 is 0 Å². The van der Waals surface area contributed by atoms with E-state index in [2.05, 4.69) is 18.2 Å². The second kappa shape index (κ2) is 5.14. The first kappa shape index (κ1) is 15.9. The van der Waals surface area contributed by atoms with Gasteiger partial charge in [0.25, 0.3) is 0 Å². The van der Waals surface area contributed by atoms with E-state index in [1.807, 2.05) is 0 Å². The molecule has 0 unspecified atom stereocenters. The number of aromatic hydroxyl groups is 1. The van der Waals surface area contributed by atoms with Gasteiger partial charge in [-0.2, -0.15) is 0 Å². The Labute approximate surface area is 163 Å². The fourth-order valence-electron chi connectivity index (χ4n) is 10.2. The van der Waals surface area contributed by atoms with Gasteiger partial charge in [0, 0.05) is 0 Å². The van der Waals surface area contributed by atoms with Crippen molar-refractivity contribution < 1.29 is 5.11 Å². The van der Waals surface area contributed by atoms with Gasteiger partial charge in [0.1, 0.15) is 5.75 Å². The van der Waals surface area contributed by atoms with Crippen molar-refractivity contribution in [2.45, 2.75) is 87.9 Å². The maximum absolute atomic E-state index is 10.8. The van der Waals surface area contributed by atoms with Crippen molar-refractivity contribution in [3.63, 3.8) is 0 Å². The van der Waals surface area contributed by atoms with Gasteiger partial charge in [-0.05, 0) is 147 Å². The van der Waals surface area contributed by atoms with Gasteiger partial charge in [0.2, 0.25) is 0 Å². The van der Waals surface area contributed by atoms with Gasteiger partial charge >= 0.3 is 0 Å². The minimum atomic E-state index is 0.407. The van der Waals surface area contributed by atoms with E-state index in [-0.39, 0.29) is 0 Å². The maximum atomic E-state index is 10.8. The molecule has 8 fully saturated rings. The number of phenols is 1. The Morgan fingerprint density at radius 1 is 0.519 bits per heavy atom. The average Bonchev–Trinajstić information content (AvgIpc) is 2.59. The highest BCUT2D eigenvalue weighted by molar-refractivity contribution is 5.43. The average molecular weight is 363 g/mol. The zero-order valence-electron chi connectivity index (χ0n) is 16.6. The summed E-state index contributed by atoms with van der Waals surface area (Å²) in [5.74, 6) is 6.41. The number of phenolic OH excluding ortho intramolecular Hbond substituents is 1. The Morgan fingerprint density at radius 2 is 0.815 bits per heavy atom. The number of hydrogen-bond donors (Lipinski definition) is 1. The van der Waals surface area contributed by atoms with Gasteiger partial charge in [0.05, 0.1) is 0 Å². The summed E-state index contributed by atoms with van der Waals surface area (Å²) in [6.45, 7) is 0. The van der Waals surface area contributed by atoms with Crippen LogP contribution in [0.1, 0.15) is 88.2 Å². The Bertz CT molecular complexity index is 657. The Balaban J connectivity index is 1.31. The Morgan fingerprint density at radius 3 is 1.11 bits per heavy atom. The lowest BCUT2D eigenvalue weighted by atomic mass is 9.46. The second-order valence-electron chi connectivity index (χ2n) is 12.2. The summed E-state index contributed by atoms with van der Waals surface area (Å²) in [5.41, 5.74) is 3.88. The minimum Gasteiger partial charge on any atom is -0.508 e. The lowest BCUT2D eigenvalue weighted by molar-refractivity contribution is -0.00852. The van der Waals surface area contributed by atoms with Crippen LogP contribution in [0.2, 0.25) is 0 Å². The van der Waals surface area contributed by atoms with Crippen LogP contribution in [0.25, 0.3) is 0 Å². The predicted octanol–water partition coefficient (Wildman–Crippen LogP) is 6.33. The third kappa shape index (κ3) is 2.24. The molecule has 0 radical (unpaired) electrons. The molecule has 1 N–H and O–H groups in total. The van der Waals surface area contributed by atoms with Gasteiger partial charge in [-0.1, -0.05) is 6.07 Å². The molecule has 0 heterocycles. The molecule has 1 aromatic rings. The molecule has 9 rings (SSSR count). The molecule has 0 saturated heterocycles. The van der Waals surface area contributed by atoms with Crippen molar-refractivity contribution in [2.24, 2.45) is 35.5 Å². The van der Waals surface area contributed by atoms with Crippen LogP contribution < -0.4 is 0 Å². The standard InChI is InChI=1S/C26H34O/c27-24-8-22(25-10-16-1-17(11-25)3-18(2-16)12-25)7-23(9-24)26-13-19-4-20(14-26)6-21(5-19)15-26/h7-9,16-21,27H,1-6,10-15H2. The lowest BCUT2D eigenvalue weighted by Crippen LogP contribution is -2.49. The van der Waals surface area contributed by atoms with Crippen LogP contribution in [0, 0.1) is 35.5 Å². The van der Waals surface area contributed by atoms with E-state index in [1.165, 1.54) is 88.2 Å². The molecule has 8 saturated carbocycles. The summed E-state index contributed by atoms with van der Waals surface area (Å²) in [7, 11) is 0. The highest BCUT2D eigenvalue weighted by atomic mass is 16.3. The van der Waals surface area contributed by atoms with E-state index in [0.29, 0.717) is 16.6 Å². The lowest BCUT2D eigenvalue weighted by Gasteiger charge is -2.58. The molecule has 1 heteroatoms. The van der Waals surface area contributed by atoms with Crippen LogP contribution in [0.4, 0.5) is 0 Å². The third-order valence-electron chi connectivity index (χ3n) is 10.2. The molecule has 144 valence electrons. The van der Waals surface area contributed by atoms with E-state index in [1.54, 1.807) is 0 Å². The Kier molecular flexibility index (Phi) is 3.02. The highest BCUT2D eigenvalue weighted by Gasteiger charge is 2.54. The van der Waals surface area contributed by atoms with Crippen molar-refractivity contribution in [2.75, 3.05) is 0 Å². The molecule has 8 aliphatic rings.